The molecule has 1 aromatic heterocycles. The van der Waals surface area contributed by atoms with Crippen molar-refractivity contribution in [1.29, 1.82) is 0 Å². The molecule has 0 saturated carbocycles. The highest BCUT2D eigenvalue weighted by Crippen LogP contribution is 2.42. The van der Waals surface area contributed by atoms with E-state index in [9.17, 15) is 0 Å². The van der Waals surface area contributed by atoms with Gasteiger partial charge in [0.25, 0.3) is 0 Å². The van der Waals surface area contributed by atoms with Gasteiger partial charge in [-0.15, -0.1) is 0 Å². The second-order valence-corrected chi connectivity index (χ2v) is 16.1. The van der Waals surface area contributed by atoms with Crippen molar-refractivity contribution in [2.75, 3.05) is 4.90 Å². The van der Waals surface area contributed by atoms with E-state index >= 15 is 0 Å². The molecule has 62 heavy (non-hydrogen) atoms. The third-order valence-electron chi connectivity index (χ3n) is 12.5. The van der Waals surface area contributed by atoms with Gasteiger partial charge in [0.1, 0.15) is 11.2 Å². The van der Waals surface area contributed by atoms with Gasteiger partial charge in [-0.2, -0.15) is 0 Å². The predicted octanol–water partition coefficient (Wildman–Crippen LogP) is 17.2. The zero-order chi connectivity index (χ0) is 41.0. The second-order valence-electron chi connectivity index (χ2n) is 16.1. The van der Waals surface area contributed by atoms with Crippen molar-refractivity contribution in [2.24, 2.45) is 0 Å². The molecule has 0 atom stereocenters. The van der Waals surface area contributed by atoms with Gasteiger partial charge in [-0.05, 0) is 131 Å². The van der Waals surface area contributed by atoms with E-state index in [1.54, 1.807) is 0 Å². The molecule has 0 aliphatic rings. The van der Waals surface area contributed by atoms with Gasteiger partial charge in [-0.1, -0.05) is 182 Å². The number of fused-ring (bicyclic) bond motifs is 7. The molecule has 11 aromatic carbocycles. The van der Waals surface area contributed by atoms with E-state index in [-0.39, 0.29) is 0 Å². The van der Waals surface area contributed by atoms with Crippen LogP contribution < -0.4 is 4.90 Å². The van der Waals surface area contributed by atoms with Gasteiger partial charge in [0, 0.05) is 27.8 Å². The molecule has 2 nitrogen and oxygen atoms in total. The Bertz CT molecular complexity index is 3620. The minimum Gasteiger partial charge on any atom is -0.456 e. The second kappa shape index (κ2) is 14.8. The normalized spacial score (nSPS) is 11.5. The van der Waals surface area contributed by atoms with Crippen LogP contribution in [0.1, 0.15) is 0 Å². The molecule has 0 N–H and O–H groups in total. The van der Waals surface area contributed by atoms with E-state index in [1.165, 1.54) is 65.7 Å². The summed E-state index contributed by atoms with van der Waals surface area (Å²) in [6.07, 6.45) is 0. The van der Waals surface area contributed by atoms with Crippen LogP contribution >= 0.6 is 0 Å². The standard InChI is InChI=1S/C60H39NO/c1-2-12-46-38-47(27-26-40(46)10-1)43-24-22-41(23-25-43)42-28-33-49(34-29-42)61(50-35-30-45(31-36-50)54-18-9-21-59-60(54)57-16-5-6-20-58(57)62-59)51-14-7-13-48(39-51)53-17-8-19-55-52-15-4-3-11-44(52)32-37-56(53)55/h1-39H. The van der Waals surface area contributed by atoms with Crippen molar-refractivity contribution < 1.29 is 4.42 Å². The topological polar surface area (TPSA) is 16.4 Å². The predicted molar refractivity (Wildman–Crippen MR) is 263 cm³/mol. The van der Waals surface area contributed by atoms with Crippen LogP contribution in [0.25, 0.3) is 98.8 Å². The van der Waals surface area contributed by atoms with E-state index in [4.69, 9.17) is 4.42 Å². The third kappa shape index (κ3) is 6.20. The molecule has 0 radical (unpaired) electrons. The summed E-state index contributed by atoms with van der Waals surface area (Å²) in [7, 11) is 0. The van der Waals surface area contributed by atoms with E-state index < -0.39 is 0 Å². The van der Waals surface area contributed by atoms with Crippen LogP contribution in [0.3, 0.4) is 0 Å². The van der Waals surface area contributed by atoms with Crippen LogP contribution in [0.4, 0.5) is 17.1 Å². The summed E-state index contributed by atoms with van der Waals surface area (Å²) in [5.74, 6) is 0. The van der Waals surface area contributed by atoms with Crippen molar-refractivity contribution in [3.05, 3.63) is 237 Å². The van der Waals surface area contributed by atoms with Crippen LogP contribution in [0.2, 0.25) is 0 Å². The zero-order valence-corrected chi connectivity index (χ0v) is 33.9. The van der Waals surface area contributed by atoms with E-state index in [0.717, 1.165) is 50.1 Å². The van der Waals surface area contributed by atoms with Crippen LogP contribution in [-0.2, 0) is 0 Å². The van der Waals surface area contributed by atoms with Crippen molar-refractivity contribution >= 4 is 71.3 Å². The third-order valence-corrected chi connectivity index (χ3v) is 12.5. The Labute approximate surface area is 360 Å². The number of rotatable bonds is 7. The molecular weight excluding hydrogens is 751 g/mol. The van der Waals surface area contributed by atoms with Gasteiger partial charge in [-0.3, -0.25) is 0 Å². The molecule has 0 bridgehead atoms. The van der Waals surface area contributed by atoms with Gasteiger partial charge in [-0.25, -0.2) is 0 Å². The van der Waals surface area contributed by atoms with Crippen LogP contribution in [0, 0.1) is 0 Å². The summed E-state index contributed by atoms with van der Waals surface area (Å²) in [5, 5.41) is 9.82. The Morgan fingerprint density at radius 1 is 0.258 bits per heavy atom. The number of anilines is 3. The van der Waals surface area contributed by atoms with Gasteiger partial charge < -0.3 is 9.32 Å². The average molecular weight is 790 g/mol. The minimum atomic E-state index is 0.899. The Balaban J connectivity index is 0.937. The van der Waals surface area contributed by atoms with Crippen molar-refractivity contribution in [3.8, 4) is 44.5 Å². The molecule has 1 heterocycles. The number of para-hydroxylation sites is 1. The van der Waals surface area contributed by atoms with Gasteiger partial charge >= 0.3 is 0 Å². The first-order valence-corrected chi connectivity index (χ1v) is 21.2. The lowest BCUT2D eigenvalue weighted by atomic mass is 9.94. The maximum atomic E-state index is 6.26. The number of benzene rings is 11. The first kappa shape index (κ1) is 35.7. The molecule has 290 valence electrons. The molecule has 12 rings (SSSR count). The lowest BCUT2D eigenvalue weighted by molar-refractivity contribution is 0.669. The lowest BCUT2D eigenvalue weighted by Crippen LogP contribution is -2.10. The van der Waals surface area contributed by atoms with Crippen molar-refractivity contribution in [3.63, 3.8) is 0 Å². The van der Waals surface area contributed by atoms with Gasteiger partial charge in [0.2, 0.25) is 0 Å². The minimum absolute atomic E-state index is 0.899. The number of hydrogen-bond donors (Lipinski definition) is 0. The monoisotopic (exact) mass is 789 g/mol. The van der Waals surface area contributed by atoms with E-state index in [1.807, 2.05) is 12.1 Å². The van der Waals surface area contributed by atoms with Gasteiger partial charge in [0.15, 0.2) is 0 Å². The maximum absolute atomic E-state index is 6.26. The summed E-state index contributed by atoms with van der Waals surface area (Å²) in [6.45, 7) is 0. The van der Waals surface area contributed by atoms with Crippen LogP contribution in [0.5, 0.6) is 0 Å². The Morgan fingerprint density at radius 2 is 0.806 bits per heavy atom. The number of nitrogens with zero attached hydrogens (tertiary/aromatic N) is 1. The first-order valence-electron chi connectivity index (χ1n) is 21.2. The Kier molecular flexibility index (Phi) is 8.53. The molecule has 0 aliphatic carbocycles. The SMILES string of the molecule is c1cc(-c2cccc3c2ccc2ccccc23)cc(N(c2ccc(-c3ccc(-c4ccc5ccccc5c4)cc3)cc2)c2ccc(-c3cccc4oc5ccccc5c34)cc2)c1. The van der Waals surface area contributed by atoms with E-state index in [2.05, 4.69) is 229 Å². The molecule has 0 amide bonds. The highest BCUT2D eigenvalue weighted by molar-refractivity contribution is 6.13. The zero-order valence-electron chi connectivity index (χ0n) is 33.9. The summed E-state index contributed by atoms with van der Waals surface area (Å²) in [5.41, 5.74) is 14.5. The summed E-state index contributed by atoms with van der Waals surface area (Å²) in [6, 6.07) is 85.5. The van der Waals surface area contributed by atoms with Gasteiger partial charge in [0.05, 0.1) is 0 Å². The molecule has 0 fully saturated rings. The maximum Gasteiger partial charge on any atom is 0.136 e. The average Bonchev–Trinajstić information content (AvgIpc) is 3.73. The fourth-order valence-electron chi connectivity index (χ4n) is 9.38. The molecule has 0 unspecified atom stereocenters. The van der Waals surface area contributed by atoms with Crippen molar-refractivity contribution in [1.82, 2.24) is 0 Å². The first-order chi connectivity index (χ1) is 30.7. The van der Waals surface area contributed by atoms with E-state index in [0.29, 0.717) is 0 Å². The number of hydrogen-bond acceptors (Lipinski definition) is 2. The summed E-state index contributed by atoms with van der Waals surface area (Å²) < 4.78 is 6.26. The number of furan rings is 1. The molecular formula is C60H39NO. The molecule has 0 spiro atoms. The molecule has 12 aromatic rings. The van der Waals surface area contributed by atoms with Crippen LogP contribution in [-0.4, -0.2) is 0 Å². The Morgan fingerprint density at radius 3 is 1.60 bits per heavy atom. The molecule has 0 aliphatic heterocycles. The largest absolute Gasteiger partial charge is 0.456 e. The summed E-state index contributed by atoms with van der Waals surface area (Å²) >= 11 is 0. The van der Waals surface area contributed by atoms with Crippen LogP contribution in [0.15, 0.2) is 241 Å². The highest BCUT2D eigenvalue weighted by Gasteiger charge is 2.17. The lowest BCUT2D eigenvalue weighted by Gasteiger charge is -2.26. The highest BCUT2D eigenvalue weighted by atomic mass is 16.3. The summed E-state index contributed by atoms with van der Waals surface area (Å²) in [4.78, 5) is 2.37. The fourth-order valence-corrected chi connectivity index (χ4v) is 9.38. The molecule has 2 heteroatoms. The smallest absolute Gasteiger partial charge is 0.136 e. The molecule has 0 saturated heterocycles. The fraction of sp³-hybridized carbons (Fsp3) is 0. The van der Waals surface area contributed by atoms with Crippen molar-refractivity contribution in [2.45, 2.75) is 0 Å². The quantitative estimate of drug-likeness (QED) is 0.150. The Hall–Kier alpha value is -8.20.